The molecule has 0 radical (unpaired) electrons. The van der Waals surface area contributed by atoms with Crippen LogP contribution in [0.4, 0.5) is 10.1 Å². The van der Waals surface area contributed by atoms with E-state index < -0.39 is 17.2 Å². The van der Waals surface area contributed by atoms with Crippen molar-refractivity contribution in [3.05, 3.63) is 59.9 Å². The van der Waals surface area contributed by atoms with E-state index in [0.717, 1.165) is 12.8 Å². The van der Waals surface area contributed by atoms with Crippen LogP contribution in [0.2, 0.25) is 0 Å². The molecule has 25 heavy (non-hydrogen) atoms. The molecule has 3 rings (SSSR count). The van der Waals surface area contributed by atoms with E-state index in [1.807, 2.05) is 0 Å². The van der Waals surface area contributed by atoms with Crippen molar-refractivity contribution in [1.29, 1.82) is 0 Å². The van der Waals surface area contributed by atoms with E-state index in [1.54, 1.807) is 42.5 Å². The summed E-state index contributed by atoms with van der Waals surface area (Å²) in [4.78, 5) is 24.1. The maximum absolute atomic E-state index is 14.0. The fourth-order valence-corrected chi connectivity index (χ4v) is 2.80. The lowest BCUT2D eigenvalue weighted by Crippen LogP contribution is -2.39. The minimum Gasteiger partial charge on any atom is -0.497 e. The minimum atomic E-state index is -0.766. The van der Waals surface area contributed by atoms with Crippen molar-refractivity contribution < 1.29 is 18.7 Å². The van der Waals surface area contributed by atoms with Crippen LogP contribution in [0.15, 0.2) is 48.5 Å². The van der Waals surface area contributed by atoms with Gasteiger partial charge in [-0.05, 0) is 36.6 Å². The van der Waals surface area contributed by atoms with E-state index in [2.05, 4.69) is 10.6 Å². The Balaban J connectivity index is 1.59. The van der Waals surface area contributed by atoms with Crippen LogP contribution in [0.1, 0.15) is 18.4 Å². The van der Waals surface area contributed by atoms with Crippen LogP contribution >= 0.6 is 0 Å². The van der Waals surface area contributed by atoms with Gasteiger partial charge in [0.15, 0.2) is 0 Å². The third-order valence-electron chi connectivity index (χ3n) is 4.42. The molecule has 0 spiro atoms. The monoisotopic (exact) mass is 342 g/mol. The molecule has 1 aliphatic carbocycles. The first-order valence-corrected chi connectivity index (χ1v) is 8.02. The molecule has 0 saturated heterocycles. The Morgan fingerprint density at radius 2 is 1.88 bits per heavy atom. The van der Waals surface area contributed by atoms with E-state index in [9.17, 15) is 14.0 Å². The van der Waals surface area contributed by atoms with Crippen LogP contribution in [-0.4, -0.2) is 25.5 Å². The van der Waals surface area contributed by atoms with Crippen molar-refractivity contribution in [2.75, 3.05) is 19.0 Å². The van der Waals surface area contributed by atoms with Crippen molar-refractivity contribution in [3.8, 4) is 5.75 Å². The highest BCUT2D eigenvalue weighted by atomic mass is 19.1. The summed E-state index contributed by atoms with van der Waals surface area (Å²) in [5.41, 5.74) is 0.648. The molecule has 6 heteroatoms. The predicted octanol–water partition coefficient (Wildman–Crippen LogP) is 2.62. The zero-order valence-electron chi connectivity index (χ0n) is 13.8. The van der Waals surface area contributed by atoms with Crippen molar-refractivity contribution in [2.45, 2.75) is 18.3 Å². The largest absolute Gasteiger partial charge is 0.497 e. The number of rotatable bonds is 5. The van der Waals surface area contributed by atoms with Crippen LogP contribution in [0.25, 0.3) is 0 Å². The van der Waals surface area contributed by atoms with Crippen molar-refractivity contribution in [2.24, 2.45) is 0 Å². The Kier molecular flexibility index (Phi) is 4.70. The van der Waals surface area contributed by atoms with Gasteiger partial charge in [-0.15, -0.1) is 0 Å². The fraction of sp³-hybridized carbons (Fsp3) is 0.263. The number of methoxy groups -OCH3 is 1. The third kappa shape index (κ3) is 3.79. The van der Waals surface area contributed by atoms with E-state index >= 15 is 0 Å². The molecule has 0 bridgehead atoms. The standard InChI is InChI=1S/C19H19FN2O3/c1-25-14-6-4-5-13(11-14)22-18(24)17(23)21-12-19(9-10-19)15-7-2-3-8-16(15)20/h2-8,11H,9-10,12H2,1H3,(H,21,23)(H,22,24). The summed E-state index contributed by atoms with van der Waals surface area (Å²) in [5.74, 6) is -1.22. The molecule has 0 aliphatic heterocycles. The Labute approximate surface area is 145 Å². The quantitative estimate of drug-likeness (QED) is 0.821. The molecule has 2 N–H and O–H groups in total. The number of carbonyl (C=O) groups is 2. The second-order valence-corrected chi connectivity index (χ2v) is 6.13. The maximum atomic E-state index is 14.0. The van der Waals surface area contributed by atoms with Gasteiger partial charge in [-0.2, -0.15) is 0 Å². The highest BCUT2D eigenvalue weighted by Crippen LogP contribution is 2.48. The summed E-state index contributed by atoms with van der Waals surface area (Å²) in [5, 5.41) is 5.13. The van der Waals surface area contributed by atoms with E-state index in [0.29, 0.717) is 17.0 Å². The SMILES string of the molecule is COc1cccc(NC(=O)C(=O)NCC2(c3ccccc3F)CC2)c1. The molecule has 0 heterocycles. The van der Waals surface area contributed by atoms with Gasteiger partial charge in [0.1, 0.15) is 11.6 Å². The number of hydrogen-bond acceptors (Lipinski definition) is 3. The number of amides is 2. The van der Waals surface area contributed by atoms with E-state index in [-0.39, 0.29) is 12.4 Å². The number of carbonyl (C=O) groups excluding carboxylic acids is 2. The van der Waals surface area contributed by atoms with Crippen LogP contribution in [0, 0.1) is 5.82 Å². The molecular formula is C19H19FN2O3. The molecule has 0 atom stereocenters. The summed E-state index contributed by atoms with van der Waals surface area (Å²) in [7, 11) is 1.52. The van der Waals surface area contributed by atoms with Crippen LogP contribution in [0.5, 0.6) is 5.75 Å². The Morgan fingerprint density at radius 3 is 2.56 bits per heavy atom. The lowest BCUT2D eigenvalue weighted by atomic mass is 9.95. The average molecular weight is 342 g/mol. The van der Waals surface area contributed by atoms with Crippen molar-refractivity contribution in [3.63, 3.8) is 0 Å². The van der Waals surface area contributed by atoms with E-state index in [1.165, 1.54) is 13.2 Å². The molecule has 1 saturated carbocycles. The summed E-state index contributed by atoms with van der Waals surface area (Å²) in [6, 6.07) is 13.3. The fourth-order valence-electron chi connectivity index (χ4n) is 2.80. The van der Waals surface area contributed by atoms with Gasteiger partial charge in [0, 0.05) is 23.7 Å². The zero-order valence-corrected chi connectivity index (χ0v) is 13.8. The van der Waals surface area contributed by atoms with Gasteiger partial charge in [0.2, 0.25) is 0 Å². The Bertz CT molecular complexity index is 803. The number of benzene rings is 2. The van der Waals surface area contributed by atoms with Gasteiger partial charge >= 0.3 is 11.8 Å². The zero-order chi connectivity index (χ0) is 17.9. The van der Waals surface area contributed by atoms with Gasteiger partial charge < -0.3 is 15.4 Å². The van der Waals surface area contributed by atoms with Crippen LogP contribution in [0.3, 0.4) is 0 Å². The first-order chi connectivity index (χ1) is 12.0. The molecule has 5 nitrogen and oxygen atoms in total. The van der Waals surface area contributed by atoms with Crippen LogP contribution in [-0.2, 0) is 15.0 Å². The first-order valence-electron chi connectivity index (χ1n) is 8.02. The third-order valence-corrected chi connectivity index (χ3v) is 4.42. The Hall–Kier alpha value is -2.89. The number of halogens is 1. The predicted molar refractivity (Wildman–Crippen MR) is 91.9 cm³/mol. The number of anilines is 1. The molecule has 2 aromatic rings. The van der Waals surface area contributed by atoms with Crippen molar-refractivity contribution in [1.82, 2.24) is 5.32 Å². The van der Waals surface area contributed by atoms with Gasteiger partial charge in [-0.25, -0.2) is 4.39 Å². The summed E-state index contributed by atoms with van der Waals surface area (Å²) in [6.45, 7) is 0.234. The highest BCUT2D eigenvalue weighted by molar-refractivity contribution is 6.39. The molecule has 1 fully saturated rings. The van der Waals surface area contributed by atoms with Gasteiger partial charge in [-0.3, -0.25) is 9.59 Å². The van der Waals surface area contributed by atoms with E-state index in [4.69, 9.17) is 4.74 Å². The molecule has 2 amide bonds. The lowest BCUT2D eigenvalue weighted by molar-refractivity contribution is -0.136. The minimum absolute atomic E-state index is 0.234. The van der Waals surface area contributed by atoms with Crippen LogP contribution < -0.4 is 15.4 Å². The molecule has 130 valence electrons. The Morgan fingerprint density at radius 1 is 1.12 bits per heavy atom. The van der Waals surface area contributed by atoms with Gasteiger partial charge in [0.25, 0.3) is 0 Å². The van der Waals surface area contributed by atoms with Crippen molar-refractivity contribution >= 4 is 17.5 Å². The number of ether oxygens (including phenoxy) is 1. The maximum Gasteiger partial charge on any atom is 0.313 e. The second-order valence-electron chi connectivity index (χ2n) is 6.13. The summed E-state index contributed by atoms with van der Waals surface area (Å²) >= 11 is 0. The first kappa shape index (κ1) is 17.0. The number of hydrogen-bond donors (Lipinski definition) is 2. The number of nitrogens with one attached hydrogen (secondary N) is 2. The molecular weight excluding hydrogens is 323 g/mol. The normalized spacial score (nSPS) is 14.5. The second kappa shape index (κ2) is 6.93. The summed E-state index contributed by atoms with van der Waals surface area (Å²) < 4.78 is 19.0. The molecule has 0 aromatic heterocycles. The molecule has 2 aromatic carbocycles. The van der Waals surface area contributed by atoms with Gasteiger partial charge in [-0.1, -0.05) is 24.3 Å². The van der Waals surface area contributed by atoms with Gasteiger partial charge in [0.05, 0.1) is 7.11 Å². The topological polar surface area (TPSA) is 67.4 Å². The molecule has 0 unspecified atom stereocenters. The highest BCUT2D eigenvalue weighted by Gasteiger charge is 2.46. The average Bonchev–Trinajstić information content (AvgIpc) is 3.41. The summed E-state index contributed by atoms with van der Waals surface area (Å²) in [6.07, 6.45) is 1.57. The molecule has 1 aliphatic rings. The lowest BCUT2D eigenvalue weighted by Gasteiger charge is -2.17. The smallest absolute Gasteiger partial charge is 0.313 e.